The van der Waals surface area contributed by atoms with Gasteiger partial charge in [0.05, 0.1) is 17.5 Å². The lowest BCUT2D eigenvalue weighted by Crippen LogP contribution is -2.57. The fourth-order valence-corrected chi connectivity index (χ4v) is 9.87. The van der Waals surface area contributed by atoms with E-state index in [1.165, 1.54) is 5.56 Å². The Balaban J connectivity index is 0.00000400. The van der Waals surface area contributed by atoms with E-state index in [1.54, 1.807) is 4.31 Å². The number of sulfonamides is 1. The Morgan fingerprint density at radius 1 is 1.13 bits per heavy atom. The number of nitrogens with one attached hydrogen (secondary N) is 1. The first-order chi connectivity index (χ1) is 17.2. The van der Waals surface area contributed by atoms with Gasteiger partial charge in [0.2, 0.25) is 15.9 Å². The summed E-state index contributed by atoms with van der Waals surface area (Å²) >= 11 is 0. The molecule has 1 aromatic carbocycles. The highest BCUT2D eigenvalue weighted by Crippen LogP contribution is 2.66. The highest BCUT2D eigenvalue weighted by molar-refractivity contribution is 7.90. The second kappa shape index (κ2) is 11.2. The van der Waals surface area contributed by atoms with Crippen LogP contribution in [0.3, 0.4) is 0 Å². The Kier molecular flexibility index (Phi) is 9.20. The van der Waals surface area contributed by atoms with Crippen molar-refractivity contribution in [3.05, 3.63) is 29.8 Å². The van der Waals surface area contributed by atoms with Crippen LogP contribution in [0.5, 0.6) is 0 Å². The molecule has 9 nitrogen and oxygen atoms in total. The van der Waals surface area contributed by atoms with Gasteiger partial charge < -0.3 is 16.0 Å². The van der Waals surface area contributed by atoms with E-state index in [4.69, 9.17) is 5.73 Å². The van der Waals surface area contributed by atoms with Crippen LogP contribution in [0, 0.1) is 23.7 Å². The predicted molar refractivity (Wildman–Crippen MR) is 154 cm³/mol. The van der Waals surface area contributed by atoms with Crippen molar-refractivity contribution < 1.29 is 21.6 Å². The van der Waals surface area contributed by atoms with Crippen molar-refractivity contribution in [2.24, 2.45) is 22.5 Å². The normalized spacial score (nSPS) is 28.1. The molecule has 2 saturated carbocycles. The Bertz CT molecular complexity index is 1230. The molecule has 0 aromatic heterocycles. The number of sulfone groups is 1. The number of carbonyl (C=O) groups excluding carboxylic acids is 1. The summed E-state index contributed by atoms with van der Waals surface area (Å²) in [6, 6.07) is 6.90. The van der Waals surface area contributed by atoms with E-state index in [0.29, 0.717) is 38.5 Å². The second-order valence-corrected chi connectivity index (χ2v) is 16.1. The van der Waals surface area contributed by atoms with Crippen molar-refractivity contribution in [2.45, 2.75) is 58.5 Å². The molecule has 1 aromatic rings. The molecule has 2 aliphatic carbocycles. The molecule has 3 fully saturated rings. The molecule has 3 N–H and O–H groups in total. The Labute approximate surface area is 234 Å². The van der Waals surface area contributed by atoms with E-state index in [2.05, 4.69) is 43.1 Å². The number of hydrogen-bond donors (Lipinski definition) is 2. The number of hydrogen-bond acceptors (Lipinski definition) is 7. The average molecular weight is 591 g/mol. The molecule has 3 aliphatic rings. The number of carbonyl (C=O) groups is 1. The fourth-order valence-electron chi connectivity index (χ4n) is 6.92. The van der Waals surface area contributed by atoms with Crippen LogP contribution in [0.4, 0.5) is 5.69 Å². The number of fused-ring (bicyclic) bond motifs is 2. The number of piperazine rings is 1. The maximum absolute atomic E-state index is 13.8. The van der Waals surface area contributed by atoms with Crippen molar-refractivity contribution in [3.63, 3.8) is 0 Å². The first-order valence-corrected chi connectivity index (χ1v) is 16.9. The van der Waals surface area contributed by atoms with Crippen LogP contribution in [-0.4, -0.2) is 83.1 Å². The molecule has 3 unspecified atom stereocenters. The minimum absolute atomic E-state index is 0. The highest BCUT2D eigenvalue weighted by atomic mass is 35.5. The molecular weight excluding hydrogens is 548 g/mol. The lowest BCUT2D eigenvalue weighted by molar-refractivity contribution is -0.124. The highest BCUT2D eigenvalue weighted by Gasteiger charge is 2.66. The summed E-state index contributed by atoms with van der Waals surface area (Å²) < 4.78 is 52.2. The van der Waals surface area contributed by atoms with Crippen LogP contribution in [-0.2, 0) is 24.7 Å². The van der Waals surface area contributed by atoms with Gasteiger partial charge in [-0.15, -0.1) is 12.4 Å². The quantitative estimate of drug-likeness (QED) is 0.449. The summed E-state index contributed by atoms with van der Waals surface area (Å²) in [5, 5.41) is 3.05. The van der Waals surface area contributed by atoms with Gasteiger partial charge in [0.15, 0.2) is 0 Å². The summed E-state index contributed by atoms with van der Waals surface area (Å²) in [6.45, 7) is 8.47. The van der Waals surface area contributed by atoms with Gasteiger partial charge in [0.1, 0.15) is 9.84 Å². The first kappa shape index (κ1) is 31.1. The van der Waals surface area contributed by atoms with E-state index >= 15 is 0 Å². The molecule has 216 valence electrons. The summed E-state index contributed by atoms with van der Waals surface area (Å²) in [5.74, 6) is -0.245. The smallest absolute Gasteiger partial charge is 0.237 e. The molecular formula is C26H43ClN4O5S2. The maximum atomic E-state index is 13.8. The molecule has 1 aliphatic heterocycles. The average Bonchev–Trinajstić information content (AvgIpc) is 3.17. The predicted octanol–water partition coefficient (Wildman–Crippen LogP) is 1.94. The molecule has 0 radical (unpaired) electrons. The monoisotopic (exact) mass is 590 g/mol. The summed E-state index contributed by atoms with van der Waals surface area (Å²) in [6.07, 6.45) is 3.55. The third kappa shape index (κ3) is 6.01. The third-order valence-electron chi connectivity index (χ3n) is 9.41. The number of para-hydroxylation sites is 1. The van der Waals surface area contributed by atoms with Gasteiger partial charge in [-0.2, -0.15) is 4.31 Å². The van der Waals surface area contributed by atoms with Gasteiger partial charge in [-0.3, -0.25) is 4.79 Å². The number of rotatable bonds is 9. The summed E-state index contributed by atoms with van der Waals surface area (Å²) in [7, 11) is -6.80. The number of nitrogens with zero attached hydrogens (tertiary/aromatic N) is 2. The molecule has 4 rings (SSSR count). The van der Waals surface area contributed by atoms with Crippen LogP contribution >= 0.6 is 12.4 Å². The van der Waals surface area contributed by atoms with E-state index in [0.717, 1.165) is 24.8 Å². The van der Waals surface area contributed by atoms with E-state index in [9.17, 15) is 21.6 Å². The minimum Gasteiger partial charge on any atom is -0.369 e. The second-order valence-electron chi connectivity index (χ2n) is 11.9. The number of aryl methyl sites for hydroxylation is 1. The van der Waals surface area contributed by atoms with Crippen LogP contribution in [0.1, 0.15) is 45.1 Å². The topological polar surface area (TPSA) is 130 Å². The molecule has 1 heterocycles. The fraction of sp³-hybridized carbons (Fsp3) is 0.731. The zero-order valence-corrected chi connectivity index (χ0v) is 25.3. The van der Waals surface area contributed by atoms with Crippen molar-refractivity contribution in [2.75, 3.05) is 48.8 Å². The van der Waals surface area contributed by atoms with Gasteiger partial charge in [0.25, 0.3) is 0 Å². The van der Waals surface area contributed by atoms with E-state index < -0.39 is 37.2 Å². The largest absolute Gasteiger partial charge is 0.369 e. The van der Waals surface area contributed by atoms with Crippen molar-refractivity contribution in [3.8, 4) is 0 Å². The Morgan fingerprint density at radius 3 is 2.34 bits per heavy atom. The summed E-state index contributed by atoms with van der Waals surface area (Å²) in [5.41, 5.74) is 7.50. The molecule has 1 saturated heterocycles. The van der Waals surface area contributed by atoms with Gasteiger partial charge in [-0.1, -0.05) is 32.0 Å². The van der Waals surface area contributed by atoms with Gasteiger partial charge in [0, 0.05) is 49.6 Å². The van der Waals surface area contributed by atoms with Gasteiger partial charge in [-0.25, -0.2) is 16.8 Å². The Morgan fingerprint density at radius 2 is 1.76 bits per heavy atom. The number of amides is 1. The maximum Gasteiger partial charge on any atom is 0.237 e. The van der Waals surface area contributed by atoms with Gasteiger partial charge in [-0.05, 0) is 55.6 Å². The van der Waals surface area contributed by atoms with Crippen LogP contribution < -0.4 is 16.0 Å². The zero-order chi connectivity index (χ0) is 27.2. The molecule has 38 heavy (non-hydrogen) atoms. The van der Waals surface area contributed by atoms with Gasteiger partial charge >= 0.3 is 0 Å². The Hall–Kier alpha value is -1.40. The van der Waals surface area contributed by atoms with Crippen LogP contribution in [0.2, 0.25) is 0 Å². The standard InChI is InChI=1S/C26H42N4O5S2.ClH/c1-19-7-5-6-8-22(19)29-12-14-30(15-13-29)37(34,35)18-26-11-9-20(25(26,2)3)17-23(26)28-24(31)21(27)10-16-36(4,32)33;/h5-8,20-21,23H,9-18,27H2,1-4H3,(H,28,31);1H/t20?,21?,23?,26-;/m1./s1. The van der Waals surface area contributed by atoms with Crippen molar-refractivity contribution in [1.29, 1.82) is 0 Å². The molecule has 12 heteroatoms. The zero-order valence-electron chi connectivity index (χ0n) is 22.9. The number of nitrogens with two attached hydrogens (primary N) is 1. The molecule has 0 spiro atoms. The first-order valence-electron chi connectivity index (χ1n) is 13.2. The molecule has 2 bridgehead atoms. The summed E-state index contributed by atoms with van der Waals surface area (Å²) in [4.78, 5) is 15.2. The number of anilines is 1. The van der Waals surface area contributed by atoms with E-state index in [-0.39, 0.29) is 41.8 Å². The number of halogens is 1. The lowest BCUT2D eigenvalue weighted by Gasteiger charge is -2.44. The molecule has 4 atom stereocenters. The van der Waals surface area contributed by atoms with E-state index in [1.807, 2.05) is 12.1 Å². The van der Waals surface area contributed by atoms with Crippen LogP contribution in [0.25, 0.3) is 0 Å². The number of benzene rings is 1. The van der Waals surface area contributed by atoms with Crippen molar-refractivity contribution >= 4 is 43.9 Å². The minimum atomic E-state index is -3.57. The lowest BCUT2D eigenvalue weighted by atomic mass is 9.69. The van der Waals surface area contributed by atoms with Crippen molar-refractivity contribution in [1.82, 2.24) is 9.62 Å². The van der Waals surface area contributed by atoms with Crippen LogP contribution in [0.15, 0.2) is 24.3 Å². The SMILES string of the molecule is Cc1ccccc1N1CCN(S(=O)(=O)C[C@]23CCC(CC2NC(=O)C(N)CCS(C)(=O)=O)C3(C)C)CC1.Cl. The molecule has 1 amide bonds. The third-order valence-corrected chi connectivity index (χ3v) is 12.4.